The predicted octanol–water partition coefficient (Wildman–Crippen LogP) is 2.91. The van der Waals surface area contributed by atoms with E-state index in [2.05, 4.69) is 0 Å². The Morgan fingerprint density at radius 2 is 2.12 bits per heavy atom. The number of esters is 1. The summed E-state index contributed by atoms with van der Waals surface area (Å²) in [6, 6.07) is 10.0. The maximum absolute atomic E-state index is 11.5. The van der Waals surface area contributed by atoms with Gasteiger partial charge in [-0.25, -0.2) is 4.79 Å². The second kappa shape index (κ2) is 4.71. The van der Waals surface area contributed by atoms with Crippen LogP contribution in [0.5, 0.6) is 0 Å². The summed E-state index contributed by atoms with van der Waals surface area (Å²) in [5, 5.41) is 0.545. The van der Waals surface area contributed by atoms with Crippen LogP contribution in [0.4, 0.5) is 0 Å². The average molecular weight is 237 g/mol. The zero-order valence-corrected chi connectivity index (χ0v) is 9.83. The Bertz CT molecular complexity index is 419. The fourth-order valence-corrected chi connectivity index (χ4v) is 2.22. The van der Waals surface area contributed by atoms with Crippen molar-refractivity contribution >= 4 is 17.6 Å². The number of carbonyl (C=O) groups excluding carboxylic acids is 1. The summed E-state index contributed by atoms with van der Waals surface area (Å²) in [6.07, 6.45) is 0.798. The highest BCUT2D eigenvalue weighted by molar-refractivity contribution is 6.31. The van der Waals surface area contributed by atoms with Gasteiger partial charge in [-0.1, -0.05) is 41.9 Å². The number of hydrogen-bond donors (Lipinski definition) is 0. The van der Waals surface area contributed by atoms with Crippen LogP contribution < -0.4 is 0 Å². The molecule has 3 heteroatoms. The van der Waals surface area contributed by atoms with Gasteiger partial charge in [0.05, 0.1) is 12.2 Å². The number of hydrogen-bond acceptors (Lipinski definition) is 2. The van der Waals surface area contributed by atoms with Gasteiger partial charge in [0.2, 0.25) is 0 Å². The van der Waals surface area contributed by atoms with Gasteiger partial charge in [0.1, 0.15) is 0 Å². The van der Waals surface area contributed by atoms with Gasteiger partial charge in [-0.3, -0.25) is 0 Å². The molecule has 1 aromatic rings. The van der Waals surface area contributed by atoms with Crippen molar-refractivity contribution in [1.82, 2.24) is 0 Å². The standard InChI is InChI=1S/C13H13ClO2/c1-9(14)12-11(8-16-13(12)15)7-10-5-3-2-4-6-10/h2-6,11H,7-8H2,1H3/b12-9-. The van der Waals surface area contributed by atoms with Crippen molar-refractivity contribution in [3.8, 4) is 0 Å². The predicted molar refractivity (Wildman–Crippen MR) is 63.1 cm³/mol. The summed E-state index contributed by atoms with van der Waals surface area (Å²) in [4.78, 5) is 11.5. The lowest BCUT2D eigenvalue weighted by molar-refractivity contribution is -0.135. The molecule has 1 aliphatic heterocycles. The van der Waals surface area contributed by atoms with E-state index in [0.29, 0.717) is 17.2 Å². The van der Waals surface area contributed by atoms with E-state index >= 15 is 0 Å². The van der Waals surface area contributed by atoms with Crippen molar-refractivity contribution in [2.45, 2.75) is 13.3 Å². The first-order valence-corrected chi connectivity index (χ1v) is 5.63. The van der Waals surface area contributed by atoms with Crippen LogP contribution in [0, 0.1) is 5.92 Å². The van der Waals surface area contributed by atoms with E-state index in [1.807, 2.05) is 30.3 Å². The number of allylic oxidation sites excluding steroid dienone is 1. The third-order valence-corrected chi connectivity index (χ3v) is 2.94. The third kappa shape index (κ3) is 2.27. The summed E-state index contributed by atoms with van der Waals surface area (Å²) < 4.78 is 5.03. The van der Waals surface area contributed by atoms with Crippen LogP contribution in [-0.4, -0.2) is 12.6 Å². The summed E-state index contributed by atoms with van der Waals surface area (Å²) in [7, 11) is 0. The topological polar surface area (TPSA) is 26.3 Å². The fourth-order valence-electron chi connectivity index (χ4n) is 1.99. The minimum absolute atomic E-state index is 0.0902. The van der Waals surface area contributed by atoms with E-state index in [9.17, 15) is 4.79 Å². The van der Waals surface area contributed by atoms with E-state index in [1.165, 1.54) is 5.56 Å². The lowest BCUT2D eigenvalue weighted by Gasteiger charge is -2.08. The minimum Gasteiger partial charge on any atom is -0.462 e. The quantitative estimate of drug-likeness (QED) is 0.583. The highest BCUT2D eigenvalue weighted by atomic mass is 35.5. The van der Waals surface area contributed by atoms with Crippen molar-refractivity contribution in [3.63, 3.8) is 0 Å². The zero-order chi connectivity index (χ0) is 11.5. The first-order valence-electron chi connectivity index (χ1n) is 5.26. The molecule has 1 unspecified atom stereocenters. The van der Waals surface area contributed by atoms with Crippen LogP contribution in [0.2, 0.25) is 0 Å². The summed E-state index contributed by atoms with van der Waals surface area (Å²) in [5.74, 6) is -0.180. The summed E-state index contributed by atoms with van der Waals surface area (Å²) in [6.45, 7) is 2.18. The van der Waals surface area contributed by atoms with E-state index < -0.39 is 0 Å². The molecule has 2 rings (SSSR count). The van der Waals surface area contributed by atoms with Crippen molar-refractivity contribution in [3.05, 3.63) is 46.5 Å². The molecular formula is C13H13ClO2. The molecule has 0 spiro atoms. The largest absolute Gasteiger partial charge is 0.462 e. The Hall–Kier alpha value is -1.28. The highest BCUT2D eigenvalue weighted by Gasteiger charge is 2.31. The zero-order valence-electron chi connectivity index (χ0n) is 9.07. The molecule has 0 amide bonds. The number of cyclic esters (lactones) is 1. The second-order valence-electron chi connectivity index (χ2n) is 3.93. The van der Waals surface area contributed by atoms with E-state index in [1.54, 1.807) is 6.92 Å². The van der Waals surface area contributed by atoms with Gasteiger partial charge in [0, 0.05) is 11.0 Å². The van der Waals surface area contributed by atoms with Crippen LogP contribution in [0.3, 0.4) is 0 Å². The van der Waals surface area contributed by atoms with Gasteiger partial charge < -0.3 is 4.74 Å². The molecule has 2 nitrogen and oxygen atoms in total. The minimum atomic E-state index is -0.270. The van der Waals surface area contributed by atoms with E-state index in [4.69, 9.17) is 16.3 Å². The molecule has 0 N–H and O–H groups in total. The Labute approximate surface area is 99.9 Å². The number of ether oxygens (including phenoxy) is 1. The van der Waals surface area contributed by atoms with Gasteiger partial charge in [-0.2, -0.15) is 0 Å². The fraction of sp³-hybridized carbons (Fsp3) is 0.308. The Morgan fingerprint density at radius 3 is 2.75 bits per heavy atom. The lowest BCUT2D eigenvalue weighted by Crippen LogP contribution is -2.08. The SMILES string of the molecule is C/C(Cl)=C1/C(=O)OCC1Cc1ccccc1. The Kier molecular flexibility index (Phi) is 3.30. The molecular weight excluding hydrogens is 224 g/mol. The van der Waals surface area contributed by atoms with Crippen molar-refractivity contribution in [2.75, 3.05) is 6.61 Å². The van der Waals surface area contributed by atoms with E-state index in [-0.39, 0.29) is 11.9 Å². The molecule has 1 saturated heterocycles. The molecule has 0 aliphatic carbocycles. The number of carbonyl (C=O) groups is 1. The molecule has 1 atom stereocenters. The molecule has 0 aromatic heterocycles. The van der Waals surface area contributed by atoms with Gasteiger partial charge in [0.15, 0.2) is 0 Å². The highest BCUT2D eigenvalue weighted by Crippen LogP contribution is 2.29. The van der Waals surface area contributed by atoms with Gasteiger partial charge in [0.25, 0.3) is 0 Å². The molecule has 84 valence electrons. The van der Waals surface area contributed by atoms with Gasteiger partial charge >= 0.3 is 5.97 Å². The van der Waals surface area contributed by atoms with Gasteiger partial charge in [-0.15, -0.1) is 0 Å². The number of rotatable bonds is 2. The Balaban J connectivity index is 2.18. The molecule has 1 fully saturated rings. The maximum atomic E-state index is 11.5. The van der Waals surface area contributed by atoms with Crippen molar-refractivity contribution in [2.24, 2.45) is 5.92 Å². The van der Waals surface area contributed by atoms with Crippen LogP contribution >= 0.6 is 11.6 Å². The number of benzene rings is 1. The normalized spacial score (nSPS) is 23.1. The monoisotopic (exact) mass is 236 g/mol. The van der Waals surface area contributed by atoms with Crippen molar-refractivity contribution in [1.29, 1.82) is 0 Å². The maximum Gasteiger partial charge on any atom is 0.335 e. The molecule has 1 aromatic carbocycles. The first-order chi connectivity index (χ1) is 7.68. The molecule has 1 aliphatic rings. The third-order valence-electron chi connectivity index (χ3n) is 2.74. The van der Waals surface area contributed by atoms with Crippen molar-refractivity contribution < 1.29 is 9.53 Å². The lowest BCUT2D eigenvalue weighted by atomic mass is 9.94. The molecule has 16 heavy (non-hydrogen) atoms. The molecule has 1 heterocycles. The summed E-state index contributed by atoms with van der Waals surface area (Å²) >= 11 is 5.92. The van der Waals surface area contributed by atoms with E-state index in [0.717, 1.165) is 6.42 Å². The number of halogens is 1. The molecule has 0 bridgehead atoms. The van der Waals surface area contributed by atoms with Crippen LogP contribution in [-0.2, 0) is 16.0 Å². The molecule has 0 saturated carbocycles. The van der Waals surface area contributed by atoms with Crippen LogP contribution in [0.25, 0.3) is 0 Å². The first kappa shape index (κ1) is 11.2. The molecule has 0 radical (unpaired) electrons. The Morgan fingerprint density at radius 1 is 1.44 bits per heavy atom. The average Bonchev–Trinajstić information content (AvgIpc) is 2.61. The van der Waals surface area contributed by atoms with Crippen LogP contribution in [0.15, 0.2) is 40.9 Å². The summed E-state index contributed by atoms with van der Waals surface area (Å²) in [5.41, 5.74) is 1.83. The smallest absolute Gasteiger partial charge is 0.335 e. The second-order valence-corrected chi connectivity index (χ2v) is 4.50. The van der Waals surface area contributed by atoms with Crippen LogP contribution in [0.1, 0.15) is 12.5 Å². The van der Waals surface area contributed by atoms with Gasteiger partial charge in [-0.05, 0) is 18.9 Å².